The van der Waals surface area contributed by atoms with Crippen LogP contribution in [-0.4, -0.2) is 18.5 Å². The summed E-state index contributed by atoms with van der Waals surface area (Å²) >= 11 is 0. The molecule has 0 fully saturated rings. The highest BCUT2D eigenvalue weighted by Crippen LogP contribution is 2.20. The summed E-state index contributed by atoms with van der Waals surface area (Å²) in [5, 5.41) is 2.70. The maximum Gasteiger partial charge on any atom is 0.342 e. The van der Waals surface area contributed by atoms with Gasteiger partial charge in [0.1, 0.15) is 17.9 Å². The van der Waals surface area contributed by atoms with Gasteiger partial charge in [0.2, 0.25) is 0 Å². The molecule has 0 aromatic heterocycles. The molecule has 0 saturated heterocycles. The van der Waals surface area contributed by atoms with E-state index < -0.39 is 11.9 Å². The van der Waals surface area contributed by atoms with Crippen LogP contribution in [0.2, 0.25) is 0 Å². The number of ether oxygens (including phenoxy) is 2. The minimum atomic E-state index is -0.608. The third kappa shape index (κ3) is 5.45. The smallest absolute Gasteiger partial charge is 0.342 e. The Labute approximate surface area is 163 Å². The van der Waals surface area contributed by atoms with Crippen LogP contribution in [0.5, 0.6) is 5.75 Å². The Balaban J connectivity index is 1.57. The Bertz CT molecular complexity index is 954. The fraction of sp³-hybridized carbons (Fsp3) is 0.130. The van der Waals surface area contributed by atoms with E-state index in [2.05, 4.69) is 5.32 Å². The molecule has 0 saturated carbocycles. The van der Waals surface area contributed by atoms with Gasteiger partial charge in [0.25, 0.3) is 5.91 Å². The number of anilines is 1. The topological polar surface area (TPSA) is 64.6 Å². The zero-order chi connectivity index (χ0) is 19.8. The van der Waals surface area contributed by atoms with Gasteiger partial charge in [-0.2, -0.15) is 0 Å². The van der Waals surface area contributed by atoms with E-state index in [1.165, 1.54) is 0 Å². The third-order valence-corrected chi connectivity index (χ3v) is 3.98. The molecule has 5 heteroatoms. The van der Waals surface area contributed by atoms with Gasteiger partial charge in [-0.05, 0) is 42.3 Å². The molecule has 0 radical (unpaired) electrons. The molecule has 0 heterocycles. The number of nitrogens with one attached hydrogen (secondary N) is 1. The van der Waals surface area contributed by atoms with Crippen molar-refractivity contribution in [2.24, 2.45) is 0 Å². The summed E-state index contributed by atoms with van der Waals surface area (Å²) in [4.78, 5) is 24.4. The van der Waals surface area contributed by atoms with E-state index in [1.54, 1.807) is 30.3 Å². The third-order valence-electron chi connectivity index (χ3n) is 3.98. The molecular weight excluding hydrogens is 354 g/mol. The van der Waals surface area contributed by atoms with Crippen molar-refractivity contribution >= 4 is 17.6 Å². The van der Waals surface area contributed by atoms with Crippen LogP contribution in [0, 0.1) is 6.92 Å². The van der Waals surface area contributed by atoms with Crippen LogP contribution in [0.1, 0.15) is 21.5 Å². The van der Waals surface area contributed by atoms with Crippen LogP contribution in [0.15, 0.2) is 78.9 Å². The molecule has 1 amide bonds. The number of carbonyl (C=O) groups is 2. The number of esters is 1. The summed E-state index contributed by atoms with van der Waals surface area (Å²) in [6.45, 7) is 1.89. The number of carbonyl (C=O) groups excluding carboxylic acids is 2. The molecule has 28 heavy (non-hydrogen) atoms. The molecule has 3 rings (SSSR count). The van der Waals surface area contributed by atoms with Crippen molar-refractivity contribution < 1.29 is 19.1 Å². The second kappa shape index (κ2) is 9.37. The number of rotatable bonds is 7. The Morgan fingerprint density at radius 2 is 1.64 bits per heavy atom. The molecule has 1 N–H and O–H groups in total. The summed E-state index contributed by atoms with van der Waals surface area (Å²) in [6.07, 6.45) is 0. The zero-order valence-electron chi connectivity index (χ0n) is 15.6. The van der Waals surface area contributed by atoms with Crippen molar-refractivity contribution in [1.29, 1.82) is 0 Å². The first-order chi connectivity index (χ1) is 13.6. The van der Waals surface area contributed by atoms with Gasteiger partial charge in [0, 0.05) is 5.69 Å². The van der Waals surface area contributed by atoms with E-state index in [9.17, 15) is 9.59 Å². The molecule has 0 aliphatic rings. The van der Waals surface area contributed by atoms with Gasteiger partial charge in [-0.3, -0.25) is 4.79 Å². The van der Waals surface area contributed by atoms with Crippen molar-refractivity contribution in [1.82, 2.24) is 0 Å². The van der Waals surface area contributed by atoms with Gasteiger partial charge in [-0.15, -0.1) is 0 Å². The van der Waals surface area contributed by atoms with Crippen LogP contribution in [0.25, 0.3) is 0 Å². The lowest BCUT2D eigenvalue weighted by Gasteiger charge is -2.11. The Hall–Kier alpha value is -3.60. The summed E-state index contributed by atoms with van der Waals surface area (Å²) in [5.74, 6) is -0.597. The van der Waals surface area contributed by atoms with E-state index in [0.29, 0.717) is 18.0 Å². The monoisotopic (exact) mass is 375 g/mol. The first kappa shape index (κ1) is 19.2. The van der Waals surface area contributed by atoms with E-state index in [0.717, 1.165) is 11.1 Å². The molecule has 0 aliphatic carbocycles. The van der Waals surface area contributed by atoms with Gasteiger partial charge in [-0.1, -0.05) is 54.6 Å². The van der Waals surface area contributed by atoms with Gasteiger partial charge >= 0.3 is 5.97 Å². The molecule has 0 bridgehead atoms. The lowest BCUT2D eigenvalue weighted by Crippen LogP contribution is -2.21. The Morgan fingerprint density at radius 3 is 2.43 bits per heavy atom. The molecule has 3 aromatic rings. The molecule has 142 valence electrons. The molecule has 0 spiro atoms. The van der Waals surface area contributed by atoms with Gasteiger partial charge in [0.15, 0.2) is 6.61 Å². The molecule has 0 unspecified atom stereocenters. The predicted octanol–water partition coefficient (Wildman–Crippen LogP) is 4.37. The Kier molecular flexibility index (Phi) is 6.41. The number of amides is 1. The molecular formula is C23H21NO4. The SMILES string of the molecule is Cc1cccc(NC(=O)COC(=O)c2ccccc2OCc2ccccc2)c1. The van der Waals surface area contributed by atoms with E-state index >= 15 is 0 Å². The maximum absolute atomic E-state index is 12.4. The molecule has 5 nitrogen and oxygen atoms in total. The second-order valence-electron chi connectivity index (χ2n) is 6.26. The van der Waals surface area contributed by atoms with Crippen LogP contribution in [-0.2, 0) is 16.1 Å². The van der Waals surface area contributed by atoms with Crippen molar-refractivity contribution in [3.8, 4) is 5.75 Å². The summed E-state index contributed by atoms with van der Waals surface area (Å²) in [6, 6.07) is 23.9. The average Bonchev–Trinajstić information content (AvgIpc) is 2.71. The largest absolute Gasteiger partial charge is 0.488 e. The van der Waals surface area contributed by atoms with Crippen molar-refractivity contribution in [3.63, 3.8) is 0 Å². The minimum Gasteiger partial charge on any atom is -0.488 e. The number of hydrogen-bond acceptors (Lipinski definition) is 4. The minimum absolute atomic E-state index is 0.279. The summed E-state index contributed by atoms with van der Waals surface area (Å²) in [5.41, 5.74) is 2.96. The van der Waals surface area contributed by atoms with Crippen molar-refractivity contribution in [3.05, 3.63) is 95.6 Å². The standard InChI is InChI=1S/C23H21NO4/c1-17-8-7-11-19(14-17)24-22(25)16-28-23(26)20-12-5-6-13-21(20)27-15-18-9-3-2-4-10-18/h2-14H,15-16H2,1H3,(H,24,25). The zero-order valence-corrected chi connectivity index (χ0v) is 15.6. The van der Waals surface area contributed by atoms with Crippen molar-refractivity contribution in [2.75, 3.05) is 11.9 Å². The average molecular weight is 375 g/mol. The van der Waals surface area contributed by atoms with E-state index in [-0.39, 0.29) is 12.2 Å². The number of aryl methyl sites for hydroxylation is 1. The summed E-state index contributed by atoms with van der Waals surface area (Å²) < 4.78 is 10.9. The molecule has 0 aliphatic heterocycles. The lowest BCUT2D eigenvalue weighted by molar-refractivity contribution is -0.119. The van der Waals surface area contributed by atoms with Crippen LogP contribution >= 0.6 is 0 Å². The maximum atomic E-state index is 12.4. The van der Waals surface area contributed by atoms with Gasteiger partial charge in [-0.25, -0.2) is 4.79 Å². The lowest BCUT2D eigenvalue weighted by atomic mass is 10.2. The highest BCUT2D eigenvalue weighted by Gasteiger charge is 2.15. The number of benzene rings is 3. The highest BCUT2D eigenvalue weighted by atomic mass is 16.5. The van der Waals surface area contributed by atoms with Crippen LogP contribution in [0.4, 0.5) is 5.69 Å². The van der Waals surface area contributed by atoms with Gasteiger partial charge < -0.3 is 14.8 Å². The van der Waals surface area contributed by atoms with Crippen molar-refractivity contribution in [2.45, 2.75) is 13.5 Å². The van der Waals surface area contributed by atoms with E-state index in [4.69, 9.17) is 9.47 Å². The Morgan fingerprint density at radius 1 is 0.893 bits per heavy atom. The summed E-state index contributed by atoms with van der Waals surface area (Å²) in [7, 11) is 0. The van der Waals surface area contributed by atoms with E-state index in [1.807, 2.05) is 55.5 Å². The second-order valence-corrected chi connectivity index (χ2v) is 6.26. The number of para-hydroxylation sites is 1. The highest BCUT2D eigenvalue weighted by molar-refractivity contribution is 5.96. The van der Waals surface area contributed by atoms with Gasteiger partial charge in [0.05, 0.1) is 0 Å². The van der Waals surface area contributed by atoms with Crippen LogP contribution in [0.3, 0.4) is 0 Å². The fourth-order valence-corrected chi connectivity index (χ4v) is 2.63. The normalized spacial score (nSPS) is 10.2. The molecule has 0 atom stereocenters. The fourth-order valence-electron chi connectivity index (χ4n) is 2.63. The van der Waals surface area contributed by atoms with Crippen LogP contribution < -0.4 is 10.1 Å². The number of hydrogen-bond donors (Lipinski definition) is 1. The first-order valence-electron chi connectivity index (χ1n) is 8.91. The molecule has 3 aromatic carbocycles. The first-order valence-corrected chi connectivity index (χ1v) is 8.91. The quantitative estimate of drug-likeness (QED) is 0.623. The predicted molar refractivity (Wildman–Crippen MR) is 107 cm³/mol.